The molecule has 0 amide bonds. The maximum absolute atomic E-state index is 10.2. The molecule has 1 aromatic carbocycles. The number of benzene rings is 1. The lowest BCUT2D eigenvalue weighted by molar-refractivity contribution is 0.169. The molecular weight excluding hydrogens is 212 g/mol. The Hall–Kier alpha value is -1.61. The summed E-state index contributed by atoms with van der Waals surface area (Å²) in [6.07, 6.45) is 3.57. The van der Waals surface area contributed by atoms with E-state index in [1.54, 1.807) is 12.5 Å². The molecule has 0 aliphatic heterocycles. The van der Waals surface area contributed by atoms with Crippen molar-refractivity contribution in [2.24, 2.45) is 7.05 Å². The molecule has 90 valence electrons. The van der Waals surface area contributed by atoms with E-state index in [2.05, 4.69) is 31.0 Å². The van der Waals surface area contributed by atoms with E-state index in [0.29, 0.717) is 6.42 Å². The maximum atomic E-state index is 10.2. The zero-order valence-electron chi connectivity index (χ0n) is 10.5. The molecule has 0 aliphatic rings. The molecule has 0 spiro atoms. The van der Waals surface area contributed by atoms with Gasteiger partial charge < -0.3 is 9.67 Å². The van der Waals surface area contributed by atoms with Crippen molar-refractivity contribution in [3.63, 3.8) is 0 Å². The summed E-state index contributed by atoms with van der Waals surface area (Å²) in [6, 6.07) is 6.21. The Morgan fingerprint density at radius 1 is 1.29 bits per heavy atom. The van der Waals surface area contributed by atoms with E-state index in [-0.39, 0.29) is 0 Å². The van der Waals surface area contributed by atoms with Crippen molar-refractivity contribution in [3.8, 4) is 0 Å². The smallest absolute Gasteiger partial charge is 0.0996 e. The largest absolute Gasteiger partial charge is 0.386 e. The molecule has 0 bridgehead atoms. The van der Waals surface area contributed by atoms with Crippen LogP contribution in [-0.4, -0.2) is 14.7 Å². The zero-order valence-corrected chi connectivity index (χ0v) is 10.5. The third-order valence-corrected chi connectivity index (χ3v) is 3.24. The van der Waals surface area contributed by atoms with Crippen LogP contribution in [-0.2, 0) is 13.5 Å². The first-order chi connectivity index (χ1) is 8.09. The van der Waals surface area contributed by atoms with Gasteiger partial charge >= 0.3 is 0 Å². The Bertz CT molecular complexity index is 496. The van der Waals surface area contributed by atoms with Gasteiger partial charge in [0.15, 0.2) is 0 Å². The molecule has 0 aliphatic carbocycles. The van der Waals surface area contributed by atoms with Crippen LogP contribution in [0.15, 0.2) is 30.7 Å². The lowest BCUT2D eigenvalue weighted by Gasteiger charge is -2.15. The predicted molar refractivity (Wildman–Crippen MR) is 67.8 cm³/mol. The fraction of sp³-hybridized carbons (Fsp3) is 0.357. The van der Waals surface area contributed by atoms with Crippen molar-refractivity contribution in [1.29, 1.82) is 0 Å². The monoisotopic (exact) mass is 230 g/mol. The van der Waals surface area contributed by atoms with E-state index in [9.17, 15) is 5.11 Å². The molecule has 3 heteroatoms. The van der Waals surface area contributed by atoms with Crippen molar-refractivity contribution in [2.45, 2.75) is 26.4 Å². The molecule has 17 heavy (non-hydrogen) atoms. The van der Waals surface area contributed by atoms with Gasteiger partial charge in [-0.25, -0.2) is 4.98 Å². The van der Waals surface area contributed by atoms with E-state index < -0.39 is 6.10 Å². The summed E-state index contributed by atoms with van der Waals surface area (Å²) < 4.78 is 1.86. The number of hydrogen-bond acceptors (Lipinski definition) is 2. The second kappa shape index (κ2) is 4.72. The molecule has 1 aromatic heterocycles. The Kier molecular flexibility index (Phi) is 3.29. The fourth-order valence-electron chi connectivity index (χ4n) is 2.16. The summed E-state index contributed by atoms with van der Waals surface area (Å²) in [5.41, 5.74) is 4.53. The van der Waals surface area contributed by atoms with Gasteiger partial charge in [0.1, 0.15) is 0 Å². The highest BCUT2D eigenvalue weighted by molar-refractivity contribution is 5.34. The SMILES string of the molecule is Cc1cccc(C)c1CC(O)c1cncn1C. The second-order valence-corrected chi connectivity index (χ2v) is 4.52. The molecular formula is C14H18N2O. The molecule has 1 heterocycles. The van der Waals surface area contributed by atoms with Crippen LogP contribution in [0.25, 0.3) is 0 Å². The lowest BCUT2D eigenvalue weighted by atomic mass is 9.96. The van der Waals surface area contributed by atoms with E-state index >= 15 is 0 Å². The number of imidazole rings is 1. The quantitative estimate of drug-likeness (QED) is 0.878. The molecule has 0 saturated carbocycles. The van der Waals surface area contributed by atoms with Crippen LogP contribution in [0.2, 0.25) is 0 Å². The molecule has 0 fully saturated rings. The molecule has 0 saturated heterocycles. The minimum atomic E-state index is -0.498. The third kappa shape index (κ3) is 2.39. The van der Waals surface area contributed by atoms with Gasteiger partial charge in [-0.1, -0.05) is 18.2 Å². The summed E-state index contributed by atoms with van der Waals surface area (Å²) in [5, 5.41) is 10.2. The van der Waals surface area contributed by atoms with Crippen molar-refractivity contribution < 1.29 is 5.11 Å². The molecule has 3 nitrogen and oxygen atoms in total. The molecule has 0 radical (unpaired) electrons. The first-order valence-corrected chi connectivity index (χ1v) is 5.79. The van der Waals surface area contributed by atoms with Gasteiger partial charge in [-0.3, -0.25) is 0 Å². The minimum Gasteiger partial charge on any atom is -0.386 e. The predicted octanol–water partition coefficient (Wildman–Crippen LogP) is 2.31. The Labute approximate surface area is 102 Å². The molecule has 1 atom stereocenters. The van der Waals surface area contributed by atoms with Crippen LogP contribution >= 0.6 is 0 Å². The summed E-state index contributed by atoms with van der Waals surface area (Å²) in [7, 11) is 1.90. The van der Waals surface area contributed by atoms with Gasteiger partial charge in [-0.15, -0.1) is 0 Å². The Morgan fingerprint density at radius 2 is 1.94 bits per heavy atom. The standard InChI is InChI=1S/C14H18N2O/c1-10-5-4-6-11(2)12(10)7-14(17)13-8-15-9-16(13)3/h4-6,8-9,14,17H,7H2,1-3H3. The van der Waals surface area contributed by atoms with Gasteiger partial charge in [0.05, 0.1) is 24.3 Å². The van der Waals surface area contributed by atoms with Crippen molar-refractivity contribution in [3.05, 3.63) is 53.1 Å². The van der Waals surface area contributed by atoms with E-state index in [0.717, 1.165) is 5.69 Å². The normalized spacial score (nSPS) is 12.7. The van der Waals surface area contributed by atoms with Gasteiger partial charge in [-0.05, 0) is 30.5 Å². The highest BCUT2D eigenvalue weighted by Gasteiger charge is 2.14. The molecule has 2 rings (SSSR count). The van der Waals surface area contributed by atoms with Gasteiger partial charge in [0.2, 0.25) is 0 Å². The van der Waals surface area contributed by atoms with Crippen molar-refractivity contribution in [1.82, 2.24) is 9.55 Å². The van der Waals surface area contributed by atoms with Crippen LogP contribution in [0.5, 0.6) is 0 Å². The summed E-state index contributed by atoms with van der Waals surface area (Å²) in [5.74, 6) is 0. The number of aromatic nitrogens is 2. The van der Waals surface area contributed by atoms with Gasteiger partial charge in [0, 0.05) is 13.5 Å². The van der Waals surface area contributed by atoms with Crippen LogP contribution in [0, 0.1) is 13.8 Å². The zero-order chi connectivity index (χ0) is 12.4. The van der Waals surface area contributed by atoms with Crippen LogP contribution in [0.3, 0.4) is 0 Å². The summed E-state index contributed by atoms with van der Waals surface area (Å²) >= 11 is 0. The maximum Gasteiger partial charge on any atom is 0.0996 e. The second-order valence-electron chi connectivity index (χ2n) is 4.52. The first kappa shape index (κ1) is 11.9. The fourth-order valence-corrected chi connectivity index (χ4v) is 2.16. The van der Waals surface area contributed by atoms with E-state index in [1.165, 1.54) is 16.7 Å². The molecule has 2 aromatic rings. The highest BCUT2D eigenvalue weighted by Crippen LogP contribution is 2.22. The number of nitrogens with zero attached hydrogens (tertiary/aromatic N) is 2. The van der Waals surface area contributed by atoms with Crippen LogP contribution in [0.1, 0.15) is 28.5 Å². The lowest BCUT2D eigenvalue weighted by Crippen LogP contribution is -2.08. The topological polar surface area (TPSA) is 38.1 Å². The Balaban J connectivity index is 2.25. The number of aliphatic hydroxyl groups is 1. The van der Waals surface area contributed by atoms with Crippen LogP contribution < -0.4 is 0 Å². The van der Waals surface area contributed by atoms with Gasteiger partial charge in [0.25, 0.3) is 0 Å². The average molecular weight is 230 g/mol. The summed E-state index contributed by atoms with van der Waals surface area (Å²) in [4.78, 5) is 4.03. The molecule has 1 N–H and O–H groups in total. The van der Waals surface area contributed by atoms with E-state index in [4.69, 9.17) is 0 Å². The number of aryl methyl sites for hydroxylation is 3. The minimum absolute atomic E-state index is 0.498. The van der Waals surface area contributed by atoms with Crippen LogP contribution in [0.4, 0.5) is 0 Å². The summed E-state index contributed by atoms with van der Waals surface area (Å²) in [6.45, 7) is 4.16. The number of rotatable bonds is 3. The molecule has 1 unspecified atom stereocenters. The Morgan fingerprint density at radius 3 is 2.47 bits per heavy atom. The third-order valence-electron chi connectivity index (χ3n) is 3.24. The number of hydrogen-bond donors (Lipinski definition) is 1. The van der Waals surface area contributed by atoms with Crippen molar-refractivity contribution >= 4 is 0 Å². The average Bonchev–Trinajstić information content (AvgIpc) is 2.70. The van der Waals surface area contributed by atoms with Gasteiger partial charge in [-0.2, -0.15) is 0 Å². The van der Waals surface area contributed by atoms with Crippen molar-refractivity contribution in [2.75, 3.05) is 0 Å². The highest BCUT2D eigenvalue weighted by atomic mass is 16.3. The number of aliphatic hydroxyl groups excluding tert-OH is 1. The first-order valence-electron chi connectivity index (χ1n) is 5.79. The van der Waals surface area contributed by atoms with E-state index in [1.807, 2.05) is 17.7 Å².